The van der Waals surface area contributed by atoms with E-state index in [9.17, 15) is 0 Å². The second-order valence-electron chi connectivity index (χ2n) is 9.08. The summed E-state index contributed by atoms with van der Waals surface area (Å²) in [7, 11) is 1.99. The number of ether oxygens (including phenoxy) is 1. The van der Waals surface area contributed by atoms with Crippen molar-refractivity contribution in [2.24, 2.45) is 7.05 Å². The van der Waals surface area contributed by atoms with Gasteiger partial charge in [-0.15, -0.1) is 21.5 Å². The van der Waals surface area contributed by atoms with Crippen LogP contribution in [-0.4, -0.2) is 24.7 Å². The summed E-state index contributed by atoms with van der Waals surface area (Å²) < 4.78 is 9.28. The lowest BCUT2D eigenvalue weighted by Crippen LogP contribution is -1.99. The number of hydrogen-bond acceptors (Lipinski definition) is 7. The molecule has 0 saturated carbocycles. The maximum Gasteiger partial charge on any atom is 0.161 e. The summed E-state index contributed by atoms with van der Waals surface area (Å²) in [4.78, 5) is 9.86. The molecule has 0 unspecified atom stereocenters. The SMILES string of the molecule is Cn1cncc1-c1cc2nccc(Oc3ccc(Nc4nnc(-c5ccccc5)c5ccccc45)cc3)c2s1. The molecular formula is C31H22N6OS. The van der Waals surface area contributed by atoms with Crippen LogP contribution < -0.4 is 10.1 Å². The molecule has 188 valence electrons. The molecule has 3 aromatic carbocycles. The van der Waals surface area contributed by atoms with E-state index in [4.69, 9.17) is 4.74 Å². The molecule has 0 aliphatic heterocycles. The maximum absolute atomic E-state index is 6.28. The average molecular weight is 527 g/mol. The first-order valence-corrected chi connectivity index (χ1v) is 13.3. The number of pyridine rings is 1. The number of nitrogens with zero attached hydrogens (tertiary/aromatic N) is 5. The Kier molecular flexibility index (Phi) is 5.71. The van der Waals surface area contributed by atoms with Crippen LogP contribution in [0.2, 0.25) is 0 Å². The van der Waals surface area contributed by atoms with E-state index in [1.54, 1.807) is 23.9 Å². The molecule has 4 aromatic heterocycles. The van der Waals surface area contributed by atoms with Gasteiger partial charge in [0.25, 0.3) is 0 Å². The summed E-state index contributed by atoms with van der Waals surface area (Å²) in [6.45, 7) is 0. The highest BCUT2D eigenvalue weighted by Crippen LogP contribution is 2.39. The van der Waals surface area contributed by atoms with Crippen LogP contribution in [0.25, 0.3) is 42.8 Å². The lowest BCUT2D eigenvalue weighted by molar-refractivity contribution is 0.489. The zero-order valence-corrected chi connectivity index (χ0v) is 21.8. The Morgan fingerprint density at radius 3 is 2.44 bits per heavy atom. The lowest BCUT2D eigenvalue weighted by Gasteiger charge is -2.12. The van der Waals surface area contributed by atoms with Crippen molar-refractivity contribution in [1.82, 2.24) is 24.7 Å². The smallest absolute Gasteiger partial charge is 0.161 e. The molecule has 0 fully saturated rings. The molecule has 0 radical (unpaired) electrons. The van der Waals surface area contributed by atoms with Gasteiger partial charge in [0.05, 0.1) is 33.3 Å². The molecule has 7 rings (SSSR count). The standard InChI is InChI=1S/C31H22N6OS/c1-37-19-32-18-26(37)28-17-25-30(39-28)27(15-16-33-25)38-22-13-11-21(12-14-22)34-31-24-10-6-5-9-23(24)29(35-36-31)20-7-3-2-4-8-20/h2-19H,1H3,(H,34,36). The Morgan fingerprint density at radius 2 is 1.64 bits per heavy atom. The minimum atomic E-state index is 0.705. The van der Waals surface area contributed by atoms with E-state index < -0.39 is 0 Å². The van der Waals surface area contributed by atoms with Crippen LogP contribution in [0.4, 0.5) is 11.5 Å². The van der Waals surface area contributed by atoms with Crippen LogP contribution in [0.15, 0.2) is 110 Å². The van der Waals surface area contributed by atoms with Crippen molar-refractivity contribution >= 4 is 43.8 Å². The zero-order chi connectivity index (χ0) is 26.2. The third-order valence-corrected chi connectivity index (χ3v) is 7.69. The topological polar surface area (TPSA) is 77.8 Å². The van der Waals surface area contributed by atoms with Crippen LogP contribution in [0, 0.1) is 0 Å². The van der Waals surface area contributed by atoms with Crippen LogP contribution in [0.1, 0.15) is 0 Å². The van der Waals surface area contributed by atoms with Gasteiger partial charge >= 0.3 is 0 Å². The van der Waals surface area contributed by atoms with Gasteiger partial charge in [-0.3, -0.25) is 4.98 Å². The van der Waals surface area contributed by atoms with Gasteiger partial charge in [0.1, 0.15) is 17.2 Å². The molecule has 7 nitrogen and oxygen atoms in total. The molecule has 7 aromatic rings. The number of hydrogen-bond donors (Lipinski definition) is 1. The van der Waals surface area contributed by atoms with Crippen molar-refractivity contribution in [1.29, 1.82) is 0 Å². The molecule has 1 N–H and O–H groups in total. The Bertz CT molecular complexity index is 1930. The minimum Gasteiger partial charge on any atom is -0.456 e. The quantitative estimate of drug-likeness (QED) is 0.238. The van der Waals surface area contributed by atoms with Crippen LogP contribution in [-0.2, 0) is 7.05 Å². The maximum atomic E-state index is 6.28. The summed E-state index contributed by atoms with van der Waals surface area (Å²) in [6, 6.07) is 30.1. The van der Waals surface area contributed by atoms with Crippen LogP contribution in [0.5, 0.6) is 11.5 Å². The molecule has 0 saturated heterocycles. The molecule has 0 amide bonds. The van der Waals surface area contributed by atoms with E-state index in [1.807, 2.05) is 78.5 Å². The number of anilines is 2. The average Bonchev–Trinajstić information content (AvgIpc) is 3.61. The van der Waals surface area contributed by atoms with Gasteiger partial charge in [0, 0.05) is 41.3 Å². The van der Waals surface area contributed by atoms with E-state index in [-0.39, 0.29) is 0 Å². The van der Waals surface area contributed by atoms with Crippen molar-refractivity contribution < 1.29 is 4.74 Å². The van der Waals surface area contributed by atoms with E-state index >= 15 is 0 Å². The summed E-state index contributed by atoms with van der Waals surface area (Å²) in [5.74, 6) is 2.21. The number of rotatable bonds is 6. The summed E-state index contributed by atoms with van der Waals surface area (Å²) in [6.07, 6.45) is 5.43. The third kappa shape index (κ3) is 4.36. The van der Waals surface area contributed by atoms with E-state index in [2.05, 4.69) is 55.8 Å². The first-order chi connectivity index (χ1) is 19.2. The van der Waals surface area contributed by atoms with Crippen molar-refractivity contribution in [3.63, 3.8) is 0 Å². The molecule has 39 heavy (non-hydrogen) atoms. The van der Waals surface area contributed by atoms with Crippen LogP contribution in [0.3, 0.4) is 0 Å². The predicted octanol–water partition coefficient (Wildman–Crippen LogP) is 7.84. The summed E-state index contributed by atoms with van der Waals surface area (Å²) in [5, 5.41) is 14.6. The van der Waals surface area contributed by atoms with Gasteiger partial charge in [-0.1, -0.05) is 54.6 Å². The van der Waals surface area contributed by atoms with E-state index in [1.165, 1.54) is 0 Å². The highest BCUT2D eigenvalue weighted by molar-refractivity contribution is 7.22. The molecule has 0 bridgehead atoms. The normalized spacial score (nSPS) is 11.2. The van der Waals surface area contributed by atoms with Gasteiger partial charge in [-0.05, 0) is 30.3 Å². The minimum absolute atomic E-state index is 0.705. The van der Waals surface area contributed by atoms with Crippen molar-refractivity contribution in [2.45, 2.75) is 0 Å². The number of aryl methyl sites for hydroxylation is 1. The first-order valence-electron chi connectivity index (χ1n) is 12.4. The fraction of sp³-hybridized carbons (Fsp3) is 0.0323. The van der Waals surface area contributed by atoms with Gasteiger partial charge in [-0.25, -0.2) is 4.98 Å². The van der Waals surface area contributed by atoms with Crippen molar-refractivity contribution in [3.8, 4) is 33.3 Å². The van der Waals surface area contributed by atoms with Crippen LogP contribution >= 0.6 is 11.3 Å². The summed E-state index contributed by atoms with van der Waals surface area (Å²) in [5.41, 5.74) is 4.74. The van der Waals surface area contributed by atoms with Crippen molar-refractivity contribution in [2.75, 3.05) is 5.32 Å². The number of benzene rings is 3. The van der Waals surface area contributed by atoms with E-state index in [0.717, 1.165) is 60.0 Å². The summed E-state index contributed by atoms with van der Waals surface area (Å²) >= 11 is 1.64. The zero-order valence-electron chi connectivity index (χ0n) is 20.9. The number of imidazole rings is 1. The van der Waals surface area contributed by atoms with E-state index in [0.29, 0.717) is 5.82 Å². The largest absolute Gasteiger partial charge is 0.456 e. The fourth-order valence-corrected chi connectivity index (χ4v) is 5.71. The Balaban J connectivity index is 1.15. The monoisotopic (exact) mass is 526 g/mol. The lowest BCUT2D eigenvalue weighted by atomic mass is 10.0. The Morgan fingerprint density at radius 1 is 0.846 bits per heavy atom. The fourth-order valence-electron chi connectivity index (χ4n) is 4.59. The molecule has 0 aliphatic carbocycles. The molecule has 0 aliphatic rings. The Hall–Kier alpha value is -5.08. The van der Waals surface area contributed by atoms with Crippen molar-refractivity contribution in [3.05, 3.63) is 110 Å². The number of nitrogens with one attached hydrogen (secondary N) is 1. The number of fused-ring (bicyclic) bond motifs is 2. The number of aromatic nitrogens is 5. The Labute approximate surface area is 228 Å². The highest BCUT2D eigenvalue weighted by atomic mass is 32.1. The molecule has 0 atom stereocenters. The predicted molar refractivity (Wildman–Crippen MR) is 157 cm³/mol. The first kappa shape index (κ1) is 23.1. The second kappa shape index (κ2) is 9.66. The van der Waals surface area contributed by atoms with Gasteiger partial charge in [0.2, 0.25) is 0 Å². The van der Waals surface area contributed by atoms with Gasteiger partial charge in [0.15, 0.2) is 5.82 Å². The molecule has 4 heterocycles. The van der Waals surface area contributed by atoms with Gasteiger partial charge < -0.3 is 14.6 Å². The molecule has 0 spiro atoms. The molecular weight excluding hydrogens is 504 g/mol. The number of thiophene rings is 1. The third-order valence-electron chi connectivity index (χ3n) is 6.52. The van der Waals surface area contributed by atoms with Gasteiger partial charge in [-0.2, -0.15) is 0 Å². The molecule has 8 heteroatoms. The second-order valence-corrected chi connectivity index (χ2v) is 10.1. The highest BCUT2D eigenvalue weighted by Gasteiger charge is 2.14.